The number of carbonyl (C=O) groups is 1. The van der Waals surface area contributed by atoms with E-state index in [1.807, 2.05) is 4.90 Å². The normalized spacial score (nSPS) is 19.3. The van der Waals surface area contributed by atoms with Gasteiger partial charge in [-0.1, -0.05) is 6.42 Å². The summed E-state index contributed by atoms with van der Waals surface area (Å²) in [5.41, 5.74) is 5.70. The molecule has 1 saturated carbocycles. The summed E-state index contributed by atoms with van der Waals surface area (Å²) in [6, 6.07) is 3.12. The van der Waals surface area contributed by atoms with Crippen LogP contribution in [0.25, 0.3) is 0 Å². The van der Waals surface area contributed by atoms with E-state index in [1.54, 1.807) is 0 Å². The zero-order valence-corrected chi connectivity index (χ0v) is 14.8. The van der Waals surface area contributed by atoms with E-state index in [0.717, 1.165) is 57.2 Å². The third-order valence-corrected chi connectivity index (χ3v) is 5.03. The second-order valence-corrected chi connectivity index (χ2v) is 6.81. The van der Waals surface area contributed by atoms with E-state index in [2.05, 4.69) is 15.2 Å². The highest BCUT2D eigenvalue weighted by Gasteiger charge is 2.30. The lowest BCUT2D eigenvalue weighted by Gasteiger charge is -2.38. The van der Waals surface area contributed by atoms with Crippen LogP contribution in [0.4, 0.5) is 14.5 Å². The smallest absolute Gasteiger partial charge is 0.225 e. The molecule has 1 aliphatic carbocycles. The first kappa shape index (κ1) is 18.6. The quantitative estimate of drug-likeness (QED) is 0.615. The zero-order chi connectivity index (χ0) is 18.5. The highest BCUT2D eigenvalue weighted by Crippen LogP contribution is 2.28. The highest BCUT2D eigenvalue weighted by atomic mass is 19.1. The van der Waals surface area contributed by atoms with E-state index in [-0.39, 0.29) is 17.6 Å². The fourth-order valence-corrected chi connectivity index (χ4v) is 3.19. The molecule has 0 aromatic heterocycles. The van der Waals surface area contributed by atoms with Crippen molar-refractivity contribution in [3.05, 3.63) is 29.8 Å². The fourth-order valence-electron chi connectivity index (χ4n) is 3.19. The van der Waals surface area contributed by atoms with Gasteiger partial charge in [-0.2, -0.15) is 0 Å². The predicted octanol–water partition coefficient (Wildman–Crippen LogP) is 1.64. The van der Waals surface area contributed by atoms with Gasteiger partial charge in [-0.15, -0.1) is 0 Å². The van der Waals surface area contributed by atoms with Gasteiger partial charge in [0.1, 0.15) is 11.6 Å². The van der Waals surface area contributed by atoms with Crippen molar-refractivity contribution in [2.24, 2.45) is 16.6 Å². The number of aliphatic imine (C=N–C) groups is 1. The minimum absolute atomic E-state index is 0.0330. The number of anilines is 1. The first-order chi connectivity index (χ1) is 12.5. The molecule has 1 saturated heterocycles. The molecule has 142 valence electrons. The first-order valence-electron chi connectivity index (χ1n) is 9.06. The summed E-state index contributed by atoms with van der Waals surface area (Å²) >= 11 is 0. The van der Waals surface area contributed by atoms with Crippen LogP contribution in [-0.2, 0) is 4.79 Å². The van der Waals surface area contributed by atoms with Gasteiger partial charge in [0.15, 0.2) is 5.96 Å². The van der Waals surface area contributed by atoms with E-state index in [9.17, 15) is 13.6 Å². The number of guanidine groups is 1. The molecule has 6 nitrogen and oxygen atoms in total. The van der Waals surface area contributed by atoms with Crippen LogP contribution in [0.15, 0.2) is 23.2 Å². The average molecular weight is 365 g/mol. The zero-order valence-electron chi connectivity index (χ0n) is 14.8. The van der Waals surface area contributed by atoms with Crippen LogP contribution < -0.4 is 11.1 Å². The van der Waals surface area contributed by atoms with Crippen LogP contribution >= 0.6 is 0 Å². The molecule has 0 radical (unpaired) electrons. The molecule has 2 aliphatic rings. The maximum atomic E-state index is 13.6. The average Bonchev–Trinajstić information content (AvgIpc) is 2.57. The summed E-state index contributed by atoms with van der Waals surface area (Å²) in [7, 11) is 0. The number of rotatable bonds is 5. The Morgan fingerprint density at radius 2 is 1.96 bits per heavy atom. The lowest BCUT2D eigenvalue weighted by atomic mass is 9.84. The van der Waals surface area contributed by atoms with E-state index in [4.69, 9.17) is 5.73 Å². The lowest BCUT2D eigenvalue weighted by molar-refractivity contribution is -0.139. The Kier molecular flexibility index (Phi) is 6.03. The van der Waals surface area contributed by atoms with Crippen LogP contribution in [0.1, 0.15) is 19.3 Å². The highest BCUT2D eigenvalue weighted by molar-refractivity contribution is 5.92. The van der Waals surface area contributed by atoms with Crippen LogP contribution in [0.2, 0.25) is 0 Å². The van der Waals surface area contributed by atoms with Gasteiger partial charge in [0.2, 0.25) is 5.91 Å². The number of hydrogen-bond acceptors (Lipinski definition) is 3. The summed E-state index contributed by atoms with van der Waals surface area (Å²) in [5.74, 6) is -0.527. The van der Waals surface area contributed by atoms with Gasteiger partial charge in [0.05, 0.1) is 12.2 Å². The van der Waals surface area contributed by atoms with Crippen LogP contribution in [-0.4, -0.2) is 60.9 Å². The van der Waals surface area contributed by atoms with Gasteiger partial charge in [-0.25, -0.2) is 8.78 Å². The van der Waals surface area contributed by atoms with Gasteiger partial charge in [0, 0.05) is 44.7 Å². The van der Waals surface area contributed by atoms with E-state index in [1.165, 1.54) is 6.42 Å². The number of nitrogens with two attached hydrogens (primary N) is 1. The van der Waals surface area contributed by atoms with Crippen molar-refractivity contribution in [1.29, 1.82) is 0 Å². The van der Waals surface area contributed by atoms with Gasteiger partial charge in [-0.3, -0.25) is 14.7 Å². The summed E-state index contributed by atoms with van der Waals surface area (Å²) in [4.78, 5) is 20.6. The van der Waals surface area contributed by atoms with Crippen molar-refractivity contribution in [3.8, 4) is 0 Å². The third-order valence-electron chi connectivity index (χ3n) is 5.03. The van der Waals surface area contributed by atoms with Gasteiger partial charge < -0.3 is 16.0 Å². The molecule has 0 atom stereocenters. The molecule has 3 N–H and O–H groups in total. The molecular weight excluding hydrogens is 340 g/mol. The SMILES string of the molecule is NC(=NCCN1CCN(C(=O)C2CCC2)CC1)Nc1cc(F)ccc1F. The lowest BCUT2D eigenvalue weighted by Crippen LogP contribution is -2.51. The summed E-state index contributed by atoms with van der Waals surface area (Å²) < 4.78 is 26.7. The number of amides is 1. The molecule has 26 heavy (non-hydrogen) atoms. The molecule has 1 heterocycles. The van der Waals surface area contributed by atoms with E-state index in [0.29, 0.717) is 19.0 Å². The van der Waals surface area contributed by atoms with Crippen molar-refractivity contribution in [2.45, 2.75) is 19.3 Å². The first-order valence-corrected chi connectivity index (χ1v) is 9.06. The Morgan fingerprint density at radius 1 is 1.23 bits per heavy atom. The van der Waals surface area contributed by atoms with Crippen molar-refractivity contribution in [3.63, 3.8) is 0 Å². The number of halogens is 2. The second-order valence-electron chi connectivity index (χ2n) is 6.81. The molecule has 1 aliphatic heterocycles. The van der Waals surface area contributed by atoms with Crippen LogP contribution in [0.3, 0.4) is 0 Å². The number of nitrogens with zero attached hydrogens (tertiary/aromatic N) is 3. The predicted molar refractivity (Wildman–Crippen MR) is 96.8 cm³/mol. The molecule has 0 bridgehead atoms. The van der Waals surface area contributed by atoms with Gasteiger partial charge >= 0.3 is 0 Å². The standard InChI is InChI=1S/C18H25F2N5O/c19-14-4-5-15(20)16(12-14)23-18(21)22-6-7-24-8-10-25(11-9-24)17(26)13-2-1-3-13/h4-5,12-13H,1-3,6-11H2,(H3,21,22,23). The van der Waals surface area contributed by atoms with E-state index >= 15 is 0 Å². The Bertz CT molecular complexity index is 670. The summed E-state index contributed by atoms with van der Waals surface area (Å²) in [5, 5.41) is 2.58. The molecular formula is C18H25F2N5O. The Balaban J connectivity index is 1.40. The van der Waals surface area contributed by atoms with Crippen molar-refractivity contribution < 1.29 is 13.6 Å². The molecule has 0 unspecified atom stereocenters. The second kappa shape index (κ2) is 8.44. The third kappa shape index (κ3) is 4.69. The van der Waals surface area contributed by atoms with Crippen molar-refractivity contribution in [1.82, 2.24) is 9.80 Å². The topological polar surface area (TPSA) is 74.0 Å². The minimum Gasteiger partial charge on any atom is -0.370 e. The molecule has 1 aromatic rings. The van der Waals surface area contributed by atoms with Gasteiger partial charge in [0.25, 0.3) is 0 Å². The number of benzene rings is 1. The minimum atomic E-state index is -0.586. The largest absolute Gasteiger partial charge is 0.370 e. The van der Waals surface area contributed by atoms with Crippen LogP contribution in [0, 0.1) is 17.6 Å². The van der Waals surface area contributed by atoms with E-state index < -0.39 is 11.6 Å². The number of piperazine rings is 1. The Labute approximate surface area is 152 Å². The summed E-state index contributed by atoms with van der Waals surface area (Å²) in [6.07, 6.45) is 3.24. The molecule has 1 aromatic carbocycles. The molecule has 1 amide bonds. The number of hydrogen-bond donors (Lipinski definition) is 2. The Morgan fingerprint density at radius 3 is 2.62 bits per heavy atom. The maximum absolute atomic E-state index is 13.6. The molecule has 2 fully saturated rings. The molecule has 3 rings (SSSR count). The molecule has 8 heteroatoms. The van der Waals surface area contributed by atoms with Crippen LogP contribution in [0.5, 0.6) is 0 Å². The maximum Gasteiger partial charge on any atom is 0.225 e. The fraction of sp³-hybridized carbons (Fsp3) is 0.556. The van der Waals surface area contributed by atoms with Crippen molar-refractivity contribution >= 4 is 17.6 Å². The summed E-state index contributed by atoms with van der Waals surface area (Å²) in [6.45, 7) is 4.30. The number of carbonyl (C=O) groups excluding carboxylic acids is 1. The molecule has 0 spiro atoms. The number of nitrogens with one attached hydrogen (secondary N) is 1. The van der Waals surface area contributed by atoms with Gasteiger partial charge in [-0.05, 0) is 25.0 Å². The monoisotopic (exact) mass is 365 g/mol. The Hall–Kier alpha value is -2.22. The van der Waals surface area contributed by atoms with Crippen molar-refractivity contribution in [2.75, 3.05) is 44.6 Å².